The molecule has 0 aliphatic heterocycles. The molecular weight excluding hydrogens is 273 g/mol. The molecule has 0 aromatic carbocycles. The van der Waals surface area contributed by atoms with Gasteiger partial charge < -0.3 is 0 Å². The van der Waals surface area contributed by atoms with Crippen molar-refractivity contribution >= 4 is 15.9 Å². The molecule has 0 unspecified atom stereocenters. The highest BCUT2D eigenvalue weighted by atomic mass is 79.9. The molecule has 0 N–H and O–H groups in total. The fourth-order valence-electron chi connectivity index (χ4n) is 1.52. The Labute approximate surface area is 94.6 Å². The van der Waals surface area contributed by atoms with Crippen LogP contribution in [0.2, 0.25) is 0 Å². The van der Waals surface area contributed by atoms with Crippen molar-refractivity contribution in [3.8, 4) is 0 Å². The fourth-order valence-corrected chi connectivity index (χ4v) is 2.02. The lowest BCUT2D eigenvalue weighted by Gasteiger charge is -2.18. The van der Waals surface area contributed by atoms with Gasteiger partial charge in [0, 0.05) is 0 Å². The average Bonchev–Trinajstić information content (AvgIpc) is 2.49. The summed E-state index contributed by atoms with van der Waals surface area (Å²) in [5.74, 6) is 0. The van der Waals surface area contributed by atoms with Crippen LogP contribution in [0, 0.1) is 0 Å². The Bertz CT molecular complexity index is 329. The predicted molar refractivity (Wildman–Crippen MR) is 54.5 cm³/mol. The van der Waals surface area contributed by atoms with Gasteiger partial charge in [-0.25, -0.2) is 0 Å². The van der Waals surface area contributed by atoms with Crippen LogP contribution < -0.4 is 0 Å². The first kappa shape index (κ1) is 12.5. The van der Waals surface area contributed by atoms with Crippen LogP contribution in [0.3, 0.4) is 0 Å². The number of halogens is 4. The van der Waals surface area contributed by atoms with E-state index >= 15 is 0 Å². The van der Waals surface area contributed by atoms with Crippen LogP contribution in [-0.4, -0.2) is 9.78 Å². The third kappa shape index (κ3) is 2.53. The standard InChI is InChI=1S/C9H12BrF3N2/c1-3-6(4-2)15-8(9(11,12)13)7(10)5-14-15/h5-6H,3-4H2,1-2H3. The van der Waals surface area contributed by atoms with Gasteiger partial charge in [-0.15, -0.1) is 0 Å². The van der Waals surface area contributed by atoms with Crippen LogP contribution in [0.1, 0.15) is 38.4 Å². The Kier molecular flexibility index (Phi) is 3.81. The molecule has 1 rings (SSSR count). The number of nitrogens with zero attached hydrogens (tertiary/aromatic N) is 2. The van der Waals surface area contributed by atoms with Crippen molar-refractivity contribution in [1.29, 1.82) is 0 Å². The lowest BCUT2D eigenvalue weighted by atomic mass is 10.2. The van der Waals surface area contributed by atoms with E-state index < -0.39 is 11.9 Å². The van der Waals surface area contributed by atoms with Gasteiger partial charge in [0.2, 0.25) is 0 Å². The molecule has 0 saturated carbocycles. The highest BCUT2D eigenvalue weighted by Crippen LogP contribution is 2.36. The number of hydrogen-bond donors (Lipinski definition) is 0. The Morgan fingerprint density at radius 3 is 2.33 bits per heavy atom. The van der Waals surface area contributed by atoms with Gasteiger partial charge in [0.25, 0.3) is 0 Å². The third-order valence-corrected chi connectivity index (χ3v) is 2.89. The van der Waals surface area contributed by atoms with Crippen molar-refractivity contribution in [2.45, 2.75) is 38.9 Å². The maximum atomic E-state index is 12.7. The Hall–Kier alpha value is -0.520. The zero-order valence-electron chi connectivity index (χ0n) is 8.48. The first-order chi connectivity index (χ1) is 6.91. The number of aromatic nitrogens is 2. The van der Waals surface area contributed by atoms with Crippen molar-refractivity contribution < 1.29 is 13.2 Å². The van der Waals surface area contributed by atoms with E-state index in [1.165, 1.54) is 6.20 Å². The predicted octanol–water partition coefficient (Wildman–Crippen LogP) is 4.03. The van der Waals surface area contributed by atoms with Gasteiger partial charge in [0.15, 0.2) is 5.69 Å². The molecule has 1 heterocycles. The SMILES string of the molecule is CCC(CC)n1ncc(Br)c1C(F)(F)F. The molecule has 0 spiro atoms. The molecule has 0 aliphatic carbocycles. The molecule has 0 amide bonds. The largest absolute Gasteiger partial charge is 0.434 e. The van der Waals surface area contributed by atoms with Crippen molar-refractivity contribution in [2.24, 2.45) is 0 Å². The summed E-state index contributed by atoms with van der Waals surface area (Å²) in [7, 11) is 0. The Morgan fingerprint density at radius 2 is 1.93 bits per heavy atom. The molecule has 15 heavy (non-hydrogen) atoms. The molecule has 0 bridgehead atoms. The summed E-state index contributed by atoms with van der Waals surface area (Å²) >= 11 is 2.88. The van der Waals surface area contributed by atoms with E-state index in [1.807, 2.05) is 13.8 Å². The van der Waals surface area contributed by atoms with E-state index in [0.717, 1.165) is 4.68 Å². The van der Waals surface area contributed by atoms with E-state index in [4.69, 9.17) is 0 Å². The Balaban J connectivity index is 3.19. The molecule has 1 aromatic rings. The lowest BCUT2D eigenvalue weighted by molar-refractivity contribution is -0.145. The molecule has 0 saturated heterocycles. The summed E-state index contributed by atoms with van der Waals surface area (Å²) in [6.07, 6.45) is -1.90. The summed E-state index contributed by atoms with van der Waals surface area (Å²) in [6.45, 7) is 3.70. The van der Waals surface area contributed by atoms with Crippen molar-refractivity contribution in [3.63, 3.8) is 0 Å². The second-order valence-corrected chi connectivity index (χ2v) is 4.11. The highest BCUT2D eigenvalue weighted by molar-refractivity contribution is 9.10. The molecule has 0 radical (unpaired) electrons. The minimum Gasteiger partial charge on any atom is -0.256 e. The van der Waals surface area contributed by atoms with Gasteiger partial charge in [-0.1, -0.05) is 13.8 Å². The molecule has 1 aromatic heterocycles. The van der Waals surface area contributed by atoms with E-state index in [0.29, 0.717) is 12.8 Å². The van der Waals surface area contributed by atoms with Crippen LogP contribution in [0.15, 0.2) is 10.7 Å². The second-order valence-electron chi connectivity index (χ2n) is 3.25. The molecular formula is C9H12BrF3N2. The minimum atomic E-state index is -4.36. The average molecular weight is 285 g/mol. The first-order valence-corrected chi connectivity index (χ1v) is 5.51. The monoisotopic (exact) mass is 284 g/mol. The molecule has 6 heteroatoms. The minimum absolute atomic E-state index is 0.00176. The van der Waals surface area contributed by atoms with Gasteiger partial charge in [-0.2, -0.15) is 18.3 Å². The Morgan fingerprint density at radius 1 is 1.40 bits per heavy atom. The number of rotatable bonds is 3. The molecule has 0 fully saturated rings. The van der Waals surface area contributed by atoms with Crippen LogP contribution in [-0.2, 0) is 6.18 Å². The zero-order chi connectivity index (χ0) is 11.6. The third-order valence-electron chi connectivity index (χ3n) is 2.31. The quantitative estimate of drug-likeness (QED) is 0.820. The van der Waals surface area contributed by atoms with Crippen LogP contribution >= 0.6 is 15.9 Å². The summed E-state index contributed by atoms with van der Waals surface area (Å²) in [5.41, 5.74) is -0.698. The van der Waals surface area contributed by atoms with Gasteiger partial charge in [0.05, 0.1) is 16.7 Å². The summed E-state index contributed by atoms with van der Waals surface area (Å²) in [5, 5.41) is 3.77. The van der Waals surface area contributed by atoms with Gasteiger partial charge in [-0.3, -0.25) is 4.68 Å². The second kappa shape index (κ2) is 4.55. The van der Waals surface area contributed by atoms with Crippen molar-refractivity contribution in [2.75, 3.05) is 0 Å². The lowest BCUT2D eigenvalue weighted by Crippen LogP contribution is -2.19. The highest BCUT2D eigenvalue weighted by Gasteiger charge is 2.38. The van der Waals surface area contributed by atoms with Crippen LogP contribution in [0.5, 0.6) is 0 Å². The zero-order valence-corrected chi connectivity index (χ0v) is 10.1. The smallest absolute Gasteiger partial charge is 0.256 e. The summed E-state index contributed by atoms with van der Waals surface area (Å²) < 4.78 is 39.1. The van der Waals surface area contributed by atoms with Gasteiger partial charge in [-0.05, 0) is 28.8 Å². The van der Waals surface area contributed by atoms with Gasteiger partial charge >= 0.3 is 6.18 Å². The van der Waals surface area contributed by atoms with E-state index in [-0.39, 0.29) is 10.5 Å². The topological polar surface area (TPSA) is 17.8 Å². The fraction of sp³-hybridized carbons (Fsp3) is 0.667. The molecule has 2 nitrogen and oxygen atoms in total. The normalized spacial score (nSPS) is 12.5. The van der Waals surface area contributed by atoms with Crippen molar-refractivity contribution in [1.82, 2.24) is 9.78 Å². The summed E-state index contributed by atoms with van der Waals surface area (Å²) in [4.78, 5) is 0. The van der Waals surface area contributed by atoms with E-state index in [1.54, 1.807) is 0 Å². The summed E-state index contributed by atoms with van der Waals surface area (Å²) in [6, 6.07) is -0.201. The van der Waals surface area contributed by atoms with E-state index in [9.17, 15) is 13.2 Å². The van der Waals surface area contributed by atoms with Crippen LogP contribution in [0.4, 0.5) is 13.2 Å². The number of alkyl halides is 3. The van der Waals surface area contributed by atoms with Crippen LogP contribution in [0.25, 0.3) is 0 Å². The molecule has 86 valence electrons. The number of hydrogen-bond acceptors (Lipinski definition) is 1. The maximum absolute atomic E-state index is 12.7. The molecule has 0 aliphatic rings. The van der Waals surface area contributed by atoms with Crippen molar-refractivity contribution in [3.05, 3.63) is 16.4 Å². The molecule has 0 atom stereocenters. The van der Waals surface area contributed by atoms with E-state index in [2.05, 4.69) is 21.0 Å². The first-order valence-electron chi connectivity index (χ1n) is 4.72. The van der Waals surface area contributed by atoms with Gasteiger partial charge in [0.1, 0.15) is 0 Å². The maximum Gasteiger partial charge on any atom is 0.434 e.